The number of aryl methyl sites for hydroxylation is 1. The smallest absolute Gasteiger partial charge is 0.262 e. The van der Waals surface area contributed by atoms with Crippen LogP contribution in [0, 0.1) is 6.92 Å². The summed E-state index contributed by atoms with van der Waals surface area (Å²) in [6, 6.07) is 15.1. The third-order valence-electron chi connectivity index (χ3n) is 5.80. The van der Waals surface area contributed by atoms with Crippen LogP contribution in [0.2, 0.25) is 0 Å². The Morgan fingerprint density at radius 3 is 2.73 bits per heavy atom. The lowest BCUT2D eigenvalue weighted by Gasteiger charge is -2.16. The second kappa shape index (κ2) is 9.41. The highest BCUT2D eigenvalue weighted by molar-refractivity contribution is 7.98. The summed E-state index contributed by atoms with van der Waals surface area (Å²) < 4.78 is 18.7. The number of benzene rings is 2. The minimum Gasteiger partial charge on any atom is -0.497 e. The van der Waals surface area contributed by atoms with Gasteiger partial charge in [0.1, 0.15) is 11.5 Å². The Bertz CT molecular complexity index is 1320. The Labute approximate surface area is 195 Å². The van der Waals surface area contributed by atoms with Crippen molar-refractivity contribution in [2.75, 3.05) is 13.7 Å². The molecule has 0 bridgehead atoms. The van der Waals surface area contributed by atoms with Gasteiger partial charge in [-0.25, -0.2) is 9.97 Å². The molecular weight excluding hydrogens is 438 g/mol. The van der Waals surface area contributed by atoms with E-state index in [1.54, 1.807) is 11.7 Å². The maximum atomic E-state index is 13.3. The molecule has 7 nitrogen and oxygen atoms in total. The minimum absolute atomic E-state index is 0.0330. The molecule has 5 rings (SSSR count). The SMILES string of the molecule is COc1ccc(-c2nc(CSc3nc4ccccc4c(=O)n3CC3CCCO3)c(C)o2)cc1. The molecule has 1 atom stereocenters. The van der Waals surface area contributed by atoms with Crippen LogP contribution < -0.4 is 10.3 Å². The van der Waals surface area contributed by atoms with Crippen LogP contribution in [0.4, 0.5) is 0 Å². The molecule has 0 aliphatic carbocycles. The highest BCUT2D eigenvalue weighted by Gasteiger charge is 2.21. The summed E-state index contributed by atoms with van der Waals surface area (Å²) in [4.78, 5) is 22.8. The second-order valence-corrected chi connectivity index (χ2v) is 8.94. The summed E-state index contributed by atoms with van der Waals surface area (Å²) >= 11 is 1.50. The Balaban J connectivity index is 1.43. The summed E-state index contributed by atoms with van der Waals surface area (Å²) in [7, 11) is 1.64. The zero-order valence-electron chi connectivity index (χ0n) is 18.6. The van der Waals surface area contributed by atoms with E-state index in [4.69, 9.17) is 23.9 Å². The van der Waals surface area contributed by atoms with Crippen LogP contribution in [0.25, 0.3) is 22.4 Å². The fourth-order valence-corrected chi connectivity index (χ4v) is 4.97. The standard InChI is InChI=1S/C25H25N3O4S/c1-16-22(26-23(32-16)17-9-11-18(30-2)12-10-17)15-33-25-27-21-8-4-3-7-20(21)24(29)28(25)14-19-6-5-13-31-19/h3-4,7-12,19H,5-6,13-15H2,1-2H3. The number of methoxy groups -OCH3 is 1. The summed E-state index contributed by atoms with van der Waals surface area (Å²) in [6.45, 7) is 3.16. The molecule has 170 valence electrons. The normalized spacial score (nSPS) is 15.9. The molecule has 0 saturated carbocycles. The highest BCUT2D eigenvalue weighted by atomic mass is 32.2. The van der Waals surface area contributed by atoms with Gasteiger partial charge in [-0.05, 0) is 56.2 Å². The molecule has 1 aliphatic heterocycles. The van der Waals surface area contributed by atoms with Crippen molar-refractivity contribution in [2.24, 2.45) is 0 Å². The van der Waals surface area contributed by atoms with Gasteiger partial charge in [-0.2, -0.15) is 0 Å². The number of fused-ring (bicyclic) bond motifs is 1. The van der Waals surface area contributed by atoms with Crippen molar-refractivity contribution in [1.82, 2.24) is 14.5 Å². The van der Waals surface area contributed by atoms with Gasteiger partial charge >= 0.3 is 0 Å². The van der Waals surface area contributed by atoms with Gasteiger partial charge in [-0.1, -0.05) is 23.9 Å². The van der Waals surface area contributed by atoms with Crippen molar-refractivity contribution < 1.29 is 13.9 Å². The van der Waals surface area contributed by atoms with Gasteiger partial charge in [0.15, 0.2) is 5.16 Å². The zero-order valence-corrected chi connectivity index (χ0v) is 19.4. The number of ether oxygens (including phenoxy) is 2. The van der Waals surface area contributed by atoms with Crippen molar-refractivity contribution in [3.05, 3.63) is 70.3 Å². The Kier molecular flexibility index (Phi) is 6.20. The number of para-hydroxylation sites is 1. The van der Waals surface area contributed by atoms with Crippen molar-refractivity contribution in [1.29, 1.82) is 0 Å². The largest absolute Gasteiger partial charge is 0.497 e. The number of nitrogens with zero attached hydrogens (tertiary/aromatic N) is 3. The molecule has 0 N–H and O–H groups in total. The van der Waals surface area contributed by atoms with Crippen molar-refractivity contribution in [3.8, 4) is 17.2 Å². The molecule has 1 aliphatic rings. The topological polar surface area (TPSA) is 79.4 Å². The maximum absolute atomic E-state index is 13.3. The molecule has 3 heterocycles. The molecular formula is C25H25N3O4S. The average Bonchev–Trinajstić information content (AvgIpc) is 3.49. The van der Waals surface area contributed by atoms with E-state index in [1.165, 1.54) is 11.8 Å². The van der Waals surface area contributed by atoms with Crippen LogP contribution in [0.15, 0.2) is 62.9 Å². The van der Waals surface area contributed by atoms with Crippen LogP contribution in [0.5, 0.6) is 5.75 Å². The third-order valence-corrected chi connectivity index (χ3v) is 6.79. The van der Waals surface area contributed by atoms with Crippen LogP contribution in [0.1, 0.15) is 24.3 Å². The average molecular weight is 464 g/mol. The fraction of sp³-hybridized carbons (Fsp3) is 0.320. The minimum atomic E-state index is -0.0330. The quantitative estimate of drug-likeness (QED) is 0.287. The lowest BCUT2D eigenvalue weighted by Crippen LogP contribution is -2.28. The lowest BCUT2D eigenvalue weighted by molar-refractivity contribution is 0.0937. The van der Waals surface area contributed by atoms with Gasteiger partial charge in [0.25, 0.3) is 5.56 Å². The molecule has 2 aromatic carbocycles. The number of oxazole rings is 1. The molecule has 0 radical (unpaired) electrons. The molecule has 1 saturated heterocycles. The molecule has 0 spiro atoms. The maximum Gasteiger partial charge on any atom is 0.262 e. The van der Waals surface area contributed by atoms with Gasteiger partial charge in [0.05, 0.1) is 36.4 Å². The van der Waals surface area contributed by atoms with E-state index in [9.17, 15) is 4.79 Å². The molecule has 2 aromatic heterocycles. The Morgan fingerprint density at radius 1 is 1.15 bits per heavy atom. The molecule has 1 unspecified atom stereocenters. The highest BCUT2D eigenvalue weighted by Crippen LogP contribution is 2.28. The van der Waals surface area contributed by atoms with Crippen molar-refractivity contribution >= 4 is 22.7 Å². The molecule has 8 heteroatoms. The van der Waals surface area contributed by atoms with Gasteiger partial charge in [0, 0.05) is 17.9 Å². The van der Waals surface area contributed by atoms with Gasteiger partial charge < -0.3 is 13.9 Å². The first-order chi connectivity index (χ1) is 16.1. The molecule has 0 amide bonds. The van der Waals surface area contributed by atoms with Crippen molar-refractivity contribution in [3.63, 3.8) is 0 Å². The van der Waals surface area contributed by atoms with E-state index in [1.807, 2.05) is 55.5 Å². The fourth-order valence-electron chi connectivity index (χ4n) is 3.96. The Hall–Kier alpha value is -3.10. The van der Waals surface area contributed by atoms with E-state index in [0.29, 0.717) is 34.2 Å². The second-order valence-electron chi connectivity index (χ2n) is 8.00. The number of aromatic nitrogens is 3. The van der Waals surface area contributed by atoms with Crippen molar-refractivity contribution in [2.45, 2.75) is 43.3 Å². The lowest BCUT2D eigenvalue weighted by atomic mass is 10.2. The zero-order chi connectivity index (χ0) is 22.8. The number of hydrogen-bond donors (Lipinski definition) is 0. The van der Waals surface area contributed by atoms with Gasteiger partial charge in [0.2, 0.25) is 5.89 Å². The van der Waals surface area contributed by atoms with E-state index in [0.717, 1.165) is 42.2 Å². The molecule has 4 aromatic rings. The first-order valence-corrected chi connectivity index (χ1v) is 12.0. The third kappa shape index (κ3) is 4.54. The summed E-state index contributed by atoms with van der Waals surface area (Å²) in [6.07, 6.45) is 2.02. The first kappa shape index (κ1) is 21.7. The molecule has 33 heavy (non-hydrogen) atoms. The summed E-state index contributed by atoms with van der Waals surface area (Å²) in [5.74, 6) is 2.64. The Morgan fingerprint density at radius 2 is 1.97 bits per heavy atom. The van der Waals surface area contributed by atoms with E-state index >= 15 is 0 Å². The number of hydrogen-bond acceptors (Lipinski definition) is 7. The van der Waals surface area contributed by atoms with Gasteiger partial charge in [-0.15, -0.1) is 0 Å². The summed E-state index contributed by atoms with van der Waals surface area (Å²) in [5.41, 5.74) is 2.38. The van der Waals surface area contributed by atoms with E-state index < -0.39 is 0 Å². The van der Waals surface area contributed by atoms with E-state index in [2.05, 4.69) is 0 Å². The van der Waals surface area contributed by atoms with Crippen LogP contribution >= 0.6 is 11.8 Å². The summed E-state index contributed by atoms with van der Waals surface area (Å²) in [5, 5.41) is 1.29. The van der Waals surface area contributed by atoms with Crippen LogP contribution in [-0.2, 0) is 17.0 Å². The first-order valence-electron chi connectivity index (χ1n) is 11.0. The monoisotopic (exact) mass is 463 g/mol. The number of rotatable bonds is 7. The predicted octanol–water partition coefficient (Wildman–Crippen LogP) is 4.84. The number of thioether (sulfide) groups is 1. The van der Waals surface area contributed by atoms with Crippen LogP contribution in [0.3, 0.4) is 0 Å². The molecule has 1 fully saturated rings. The van der Waals surface area contributed by atoms with E-state index in [-0.39, 0.29) is 11.7 Å². The van der Waals surface area contributed by atoms with Crippen LogP contribution in [-0.4, -0.2) is 34.4 Å². The van der Waals surface area contributed by atoms with Gasteiger partial charge in [-0.3, -0.25) is 9.36 Å². The predicted molar refractivity (Wildman–Crippen MR) is 128 cm³/mol.